The van der Waals surface area contributed by atoms with Gasteiger partial charge in [-0.05, 0) is 13.8 Å². The van der Waals surface area contributed by atoms with Gasteiger partial charge in [0, 0.05) is 15.7 Å². The molecule has 0 aliphatic heterocycles. The molecule has 2 heterocycles. The smallest absolute Gasteiger partial charge is 0.315 e. The van der Waals surface area contributed by atoms with Crippen molar-refractivity contribution in [2.45, 2.75) is 53.1 Å². The first kappa shape index (κ1) is 16.9. The lowest BCUT2D eigenvalue weighted by molar-refractivity contribution is 0.240. The van der Waals surface area contributed by atoms with Gasteiger partial charge in [0.05, 0.1) is 24.5 Å². The Labute approximate surface area is 139 Å². The van der Waals surface area contributed by atoms with Crippen LogP contribution >= 0.6 is 22.7 Å². The monoisotopic (exact) mass is 338 g/mol. The van der Waals surface area contributed by atoms with E-state index in [0.29, 0.717) is 13.1 Å². The van der Waals surface area contributed by atoms with Crippen LogP contribution in [0, 0.1) is 13.8 Å². The lowest BCUT2D eigenvalue weighted by Crippen LogP contribution is -2.34. The third kappa shape index (κ3) is 4.51. The number of amides is 2. The Balaban J connectivity index is 1.79. The molecule has 2 aromatic heterocycles. The number of nitrogens with one attached hydrogen (secondary N) is 2. The van der Waals surface area contributed by atoms with E-state index in [-0.39, 0.29) is 11.4 Å². The molecule has 2 N–H and O–H groups in total. The molecule has 120 valence electrons. The van der Waals surface area contributed by atoms with Crippen LogP contribution in [0.3, 0.4) is 0 Å². The van der Waals surface area contributed by atoms with Crippen molar-refractivity contribution in [2.75, 3.05) is 0 Å². The lowest BCUT2D eigenvalue weighted by Gasteiger charge is -2.14. The van der Waals surface area contributed by atoms with Gasteiger partial charge in [0.15, 0.2) is 0 Å². The fourth-order valence-electron chi connectivity index (χ4n) is 1.73. The van der Waals surface area contributed by atoms with Gasteiger partial charge in [-0.2, -0.15) is 0 Å². The molecule has 0 saturated carbocycles. The fourth-order valence-corrected chi connectivity index (χ4v) is 3.56. The molecule has 0 aliphatic carbocycles. The van der Waals surface area contributed by atoms with Gasteiger partial charge >= 0.3 is 6.03 Å². The Hall–Kier alpha value is -1.47. The highest BCUT2D eigenvalue weighted by Crippen LogP contribution is 2.23. The number of hydrogen-bond acceptors (Lipinski definition) is 5. The van der Waals surface area contributed by atoms with Crippen molar-refractivity contribution in [3.63, 3.8) is 0 Å². The van der Waals surface area contributed by atoms with Crippen molar-refractivity contribution in [1.29, 1.82) is 0 Å². The van der Waals surface area contributed by atoms with Crippen LogP contribution in [0.1, 0.15) is 47.1 Å². The number of aryl methyl sites for hydroxylation is 2. The van der Waals surface area contributed by atoms with Crippen molar-refractivity contribution in [3.8, 4) is 0 Å². The summed E-state index contributed by atoms with van der Waals surface area (Å²) >= 11 is 3.19. The van der Waals surface area contributed by atoms with E-state index in [0.717, 1.165) is 21.4 Å². The first-order valence-electron chi connectivity index (χ1n) is 7.15. The molecule has 2 rings (SSSR count). The largest absolute Gasteiger partial charge is 0.332 e. The fraction of sp³-hybridized carbons (Fsp3) is 0.533. The molecule has 0 fully saturated rings. The third-order valence-corrected chi connectivity index (χ3v) is 5.11. The van der Waals surface area contributed by atoms with E-state index in [2.05, 4.69) is 46.8 Å². The molecule has 0 aromatic carbocycles. The molecular formula is C15H22N4OS2. The maximum Gasteiger partial charge on any atom is 0.315 e. The summed E-state index contributed by atoms with van der Waals surface area (Å²) in [5.41, 5.74) is 2.13. The minimum absolute atomic E-state index is 0.0393. The van der Waals surface area contributed by atoms with Crippen molar-refractivity contribution >= 4 is 28.7 Å². The van der Waals surface area contributed by atoms with Gasteiger partial charge in [0.2, 0.25) is 0 Å². The average molecular weight is 339 g/mol. The molecule has 0 spiro atoms. The second-order valence-electron chi connectivity index (χ2n) is 6.16. The first-order chi connectivity index (χ1) is 10.3. The molecule has 2 aromatic rings. The minimum atomic E-state index is -0.196. The van der Waals surface area contributed by atoms with Crippen LogP contribution in [0.5, 0.6) is 0 Å². The lowest BCUT2D eigenvalue weighted by atomic mass is 9.93. The van der Waals surface area contributed by atoms with Gasteiger partial charge < -0.3 is 10.6 Å². The van der Waals surface area contributed by atoms with Crippen LogP contribution in [-0.2, 0) is 18.5 Å². The Morgan fingerprint density at radius 2 is 1.77 bits per heavy atom. The molecule has 0 unspecified atom stereocenters. The zero-order chi connectivity index (χ0) is 16.3. The van der Waals surface area contributed by atoms with E-state index in [9.17, 15) is 4.79 Å². The molecule has 2 amide bonds. The van der Waals surface area contributed by atoms with Crippen molar-refractivity contribution < 1.29 is 4.79 Å². The summed E-state index contributed by atoms with van der Waals surface area (Å²) in [4.78, 5) is 22.0. The standard InChI is InChI=1S/C15H22N4OS2/c1-9-10(2)22-13(18-9)7-17-14(20)16-6-12-19-11(8-21-12)15(3,4)5/h8H,6-7H2,1-5H3,(H2,16,17,20). The van der Waals surface area contributed by atoms with Gasteiger partial charge in [0.1, 0.15) is 10.0 Å². The van der Waals surface area contributed by atoms with Crippen LogP contribution in [-0.4, -0.2) is 16.0 Å². The van der Waals surface area contributed by atoms with Crippen LogP contribution < -0.4 is 10.6 Å². The third-order valence-electron chi connectivity index (χ3n) is 3.19. The Morgan fingerprint density at radius 1 is 1.14 bits per heavy atom. The molecular weight excluding hydrogens is 316 g/mol. The summed E-state index contributed by atoms with van der Waals surface area (Å²) < 4.78 is 0. The van der Waals surface area contributed by atoms with Crippen LogP contribution in [0.4, 0.5) is 4.79 Å². The second kappa shape index (κ2) is 6.75. The summed E-state index contributed by atoms with van der Waals surface area (Å²) in [5.74, 6) is 0. The number of hydrogen-bond donors (Lipinski definition) is 2. The molecule has 0 bridgehead atoms. The predicted octanol–water partition coefficient (Wildman–Crippen LogP) is 3.51. The zero-order valence-electron chi connectivity index (χ0n) is 13.6. The van der Waals surface area contributed by atoms with Crippen LogP contribution in [0.15, 0.2) is 5.38 Å². The zero-order valence-corrected chi connectivity index (χ0v) is 15.2. The van der Waals surface area contributed by atoms with E-state index in [4.69, 9.17) is 0 Å². The average Bonchev–Trinajstić information content (AvgIpc) is 3.01. The number of aromatic nitrogens is 2. The maximum atomic E-state index is 11.8. The van der Waals surface area contributed by atoms with Gasteiger partial charge in [-0.25, -0.2) is 14.8 Å². The second-order valence-corrected chi connectivity index (χ2v) is 8.39. The summed E-state index contributed by atoms with van der Waals surface area (Å²) in [5, 5.41) is 9.55. The maximum absolute atomic E-state index is 11.8. The number of carbonyl (C=O) groups excluding carboxylic acids is 1. The van der Waals surface area contributed by atoms with E-state index in [1.807, 2.05) is 13.8 Å². The van der Waals surface area contributed by atoms with Crippen molar-refractivity contribution in [3.05, 3.63) is 31.7 Å². The molecule has 0 atom stereocenters. The van der Waals surface area contributed by atoms with Crippen molar-refractivity contribution in [2.24, 2.45) is 0 Å². The number of carbonyl (C=O) groups is 1. The van der Waals surface area contributed by atoms with Gasteiger partial charge in [-0.1, -0.05) is 20.8 Å². The molecule has 7 heteroatoms. The van der Waals surface area contributed by atoms with Gasteiger partial charge in [0.25, 0.3) is 0 Å². The number of rotatable bonds is 4. The molecule has 5 nitrogen and oxygen atoms in total. The van der Waals surface area contributed by atoms with E-state index < -0.39 is 0 Å². The summed E-state index contributed by atoms with van der Waals surface area (Å²) in [6.07, 6.45) is 0. The highest BCUT2D eigenvalue weighted by molar-refractivity contribution is 7.11. The molecule has 0 saturated heterocycles. The quantitative estimate of drug-likeness (QED) is 0.896. The van der Waals surface area contributed by atoms with Gasteiger partial charge in [-0.3, -0.25) is 0 Å². The first-order valence-corrected chi connectivity index (χ1v) is 8.85. The number of thiazole rings is 2. The molecule has 22 heavy (non-hydrogen) atoms. The van der Waals surface area contributed by atoms with Gasteiger partial charge in [-0.15, -0.1) is 22.7 Å². The SMILES string of the molecule is Cc1nc(CNC(=O)NCc2nc(C(C)(C)C)cs2)sc1C. The van der Waals surface area contributed by atoms with Crippen LogP contribution in [0.2, 0.25) is 0 Å². The Morgan fingerprint density at radius 3 is 2.27 bits per heavy atom. The predicted molar refractivity (Wildman–Crippen MR) is 91.5 cm³/mol. The Bertz CT molecular complexity index is 635. The van der Waals surface area contributed by atoms with Crippen molar-refractivity contribution in [1.82, 2.24) is 20.6 Å². The number of nitrogens with zero attached hydrogens (tertiary/aromatic N) is 2. The number of urea groups is 1. The summed E-state index contributed by atoms with van der Waals surface area (Å²) in [7, 11) is 0. The molecule has 0 radical (unpaired) electrons. The minimum Gasteiger partial charge on any atom is -0.332 e. The highest BCUT2D eigenvalue weighted by Gasteiger charge is 2.17. The summed E-state index contributed by atoms with van der Waals surface area (Å²) in [6.45, 7) is 11.3. The molecule has 0 aliphatic rings. The van der Waals surface area contributed by atoms with E-state index in [1.165, 1.54) is 4.88 Å². The normalized spacial score (nSPS) is 11.5. The van der Waals surface area contributed by atoms with E-state index in [1.54, 1.807) is 22.7 Å². The van der Waals surface area contributed by atoms with Crippen LogP contribution in [0.25, 0.3) is 0 Å². The van der Waals surface area contributed by atoms with E-state index >= 15 is 0 Å². The highest BCUT2D eigenvalue weighted by atomic mass is 32.1. The topological polar surface area (TPSA) is 66.9 Å². The Kier molecular flexibility index (Phi) is 5.18. The summed E-state index contributed by atoms with van der Waals surface area (Å²) in [6, 6.07) is -0.196.